The van der Waals surface area contributed by atoms with Crippen molar-refractivity contribution < 1.29 is 9.47 Å². The molecule has 4 heteroatoms. The minimum atomic E-state index is 0.149. The zero-order chi connectivity index (χ0) is 13.3. The largest absolute Gasteiger partial charge is 0.375 e. The maximum absolute atomic E-state index is 6.52. The third-order valence-electron chi connectivity index (χ3n) is 5.17. The summed E-state index contributed by atoms with van der Waals surface area (Å²) in [5.41, 5.74) is 6.67. The van der Waals surface area contributed by atoms with Crippen LogP contribution in [-0.2, 0) is 9.47 Å². The molecule has 0 radical (unpaired) electrons. The van der Waals surface area contributed by atoms with E-state index in [1.165, 1.54) is 30.8 Å². The maximum Gasteiger partial charge on any atom is 0.0733 e. The second-order valence-corrected chi connectivity index (χ2v) is 7.76. The van der Waals surface area contributed by atoms with Crippen LogP contribution in [0.5, 0.6) is 0 Å². The van der Waals surface area contributed by atoms with Crippen molar-refractivity contribution in [2.45, 2.75) is 69.3 Å². The van der Waals surface area contributed by atoms with Gasteiger partial charge < -0.3 is 15.2 Å². The first-order chi connectivity index (χ1) is 9.19. The first-order valence-electron chi connectivity index (χ1n) is 7.81. The molecule has 3 rings (SSSR count). The molecule has 0 aromatic heterocycles. The summed E-state index contributed by atoms with van der Waals surface area (Å²) in [6.07, 6.45) is 7.69. The van der Waals surface area contributed by atoms with Crippen LogP contribution in [0.4, 0.5) is 0 Å². The van der Waals surface area contributed by atoms with Gasteiger partial charge in [0, 0.05) is 12.6 Å². The van der Waals surface area contributed by atoms with Crippen LogP contribution < -0.4 is 5.73 Å². The van der Waals surface area contributed by atoms with E-state index in [4.69, 9.17) is 15.2 Å². The number of thioether (sulfide) groups is 1. The molecule has 0 aromatic carbocycles. The van der Waals surface area contributed by atoms with Crippen molar-refractivity contribution in [3.8, 4) is 0 Å². The van der Waals surface area contributed by atoms with Crippen LogP contribution >= 0.6 is 11.8 Å². The lowest BCUT2D eigenvalue weighted by Crippen LogP contribution is -2.50. The van der Waals surface area contributed by atoms with E-state index in [1.807, 2.05) is 0 Å². The van der Waals surface area contributed by atoms with Crippen molar-refractivity contribution >= 4 is 11.8 Å². The van der Waals surface area contributed by atoms with Crippen LogP contribution in [0.25, 0.3) is 0 Å². The van der Waals surface area contributed by atoms with Crippen LogP contribution in [0, 0.1) is 5.92 Å². The van der Waals surface area contributed by atoms with Gasteiger partial charge >= 0.3 is 0 Å². The molecule has 3 heterocycles. The van der Waals surface area contributed by atoms with Gasteiger partial charge in [-0.1, -0.05) is 0 Å². The summed E-state index contributed by atoms with van der Waals surface area (Å²) < 4.78 is 12.1. The highest BCUT2D eigenvalue weighted by Crippen LogP contribution is 2.41. The van der Waals surface area contributed by atoms with E-state index in [2.05, 4.69) is 18.7 Å². The number of hydrogen-bond donors (Lipinski definition) is 1. The molecule has 3 fully saturated rings. The Morgan fingerprint density at radius 3 is 2.68 bits per heavy atom. The normalized spacial score (nSPS) is 40.4. The van der Waals surface area contributed by atoms with Crippen LogP contribution in [0.2, 0.25) is 0 Å². The molecule has 2 N–H and O–H groups in total. The monoisotopic (exact) mass is 285 g/mol. The van der Waals surface area contributed by atoms with E-state index < -0.39 is 0 Å². The predicted molar refractivity (Wildman–Crippen MR) is 79.5 cm³/mol. The molecular formula is C15H27NO2S. The summed E-state index contributed by atoms with van der Waals surface area (Å²) in [5, 5.41) is 0. The van der Waals surface area contributed by atoms with E-state index in [1.54, 1.807) is 0 Å². The number of rotatable bonds is 2. The SMILES string of the molecule is CC1CCC(C(N)C2CCOC3(CCSCC3)C2)O1. The summed E-state index contributed by atoms with van der Waals surface area (Å²) in [6.45, 7) is 3.06. The van der Waals surface area contributed by atoms with E-state index in [9.17, 15) is 0 Å². The average Bonchev–Trinajstić information content (AvgIpc) is 2.85. The minimum Gasteiger partial charge on any atom is -0.375 e. The van der Waals surface area contributed by atoms with E-state index in [0.717, 1.165) is 25.9 Å². The fourth-order valence-corrected chi connectivity index (χ4v) is 5.14. The van der Waals surface area contributed by atoms with Crippen molar-refractivity contribution in [2.75, 3.05) is 18.1 Å². The van der Waals surface area contributed by atoms with Gasteiger partial charge in [-0.05, 0) is 62.9 Å². The molecule has 110 valence electrons. The smallest absolute Gasteiger partial charge is 0.0733 e. The Bertz CT molecular complexity index is 301. The van der Waals surface area contributed by atoms with Crippen molar-refractivity contribution in [3.05, 3.63) is 0 Å². The summed E-state index contributed by atoms with van der Waals surface area (Å²) in [5.74, 6) is 3.09. The number of hydrogen-bond acceptors (Lipinski definition) is 4. The third kappa shape index (κ3) is 3.12. The molecule has 3 saturated heterocycles. The molecule has 0 amide bonds. The molecule has 3 aliphatic rings. The maximum atomic E-state index is 6.52. The lowest BCUT2D eigenvalue weighted by molar-refractivity contribution is -0.112. The Labute approximate surface area is 121 Å². The Balaban J connectivity index is 1.61. The fraction of sp³-hybridized carbons (Fsp3) is 1.00. The highest BCUT2D eigenvalue weighted by atomic mass is 32.2. The third-order valence-corrected chi connectivity index (χ3v) is 6.16. The van der Waals surface area contributed by atoms with Gasteiger partial charge in [0.2, 0.25) is 0 Å². The zero-order valence-electron chi connectivity index (χ0n) is 12.0. The molecule has 0 aromatic rings. The van der Waals surface area contributed by atoms with Gasteiger partial charge in [-0.15, -0.1) is 0 Å². The van der Waals surface area contributed by atoms with Crippen LogP contribution in [0.15, 0.2) is 0 Å². The second kappa shape index (κ2) is 5.92. The van der Waals surface area contributed by atoms with E-state index >= 15 is 0 Å². The van der Waals surface area contributed by atoms with Gasteiger partial charge in [0.05, 0.1) is 17.8 Å². The molecule has 3 nitrogen and oxygen atoms in total. The fourth-order valence-electron chi connectivity index (χ4n) is 3.91. The predicted octanol–water partition coefficient (Wildman–Crippen LogP) is 2.57. The molecular weight excluding hydrogens is 258 g/mol. The van der Waals surface area contributed by atoms with Gasteiger partial charge in [-0.2, -0.15) is 11.8 Å². The topological polar surface area (TPSA) is 44.5 Å². The molecule has 0 aliphatic carbocycles. The van der Waals surface area contributed by atoms with Gasteiger partial charge in [0.1, 0.15) is 0 Å². The molecule has 0 bridgehead atoms. The van der Waals surface area contributed by atoms with Crippen molar-refractivity contribution in [2.24, 2.45) is 11.7 Å². The summed E-state index contributed by atoms with van der Waals surface area (Å²) >= 11 is 2.06. The first-order valence-corrected chi connectivity index (χ1v) is 8.97. The van der Waals surface area contributed by atoms with Crippen LogP contribution in [0.1, 0.15) is 45.4 Å². The molecule has 1 spiro atoms. The Morgan fingerprint density at radius 2 is 2.00 bits per heavy atom. The highest BCUT2D eigenvalue weighted by molar-refractivity contribution is 7.99. The summed E-state index contributed by atoms with van der Waals surface area (Å²) in [6, 6.07) is 0.209. The van der Waals surface area contributed by atoms with Gasteiger partial charge in [-0.3, -0.25) is 0 Å². The summed E-state index contributed by atoms with van der Waals surface area (Å²) in [7, 11) is 0. The number of nitrogens with two attached hydrogens (primary N) is 1. The van der Waals surface area contributed by atoms with Crippen molar-refractivity contribution in [3.63, 3.8) is 0 Å². The van der Waals surface area contributed by atoms with Gasteiger partial charge in [0.15, 0.2) is 0 Å². The average molecular weight is 285 g/mol. The lowest BCUT2D eigenvalue weighted by atomic mass is 9.77. The Kier molecular flexibility index (Phi) is 4.42. The number of ether oxygens (including phenoxy) is 2. The standard InChI is InChI=1S/C15H27NO2S/c1-11-2-3-13(18-11)14(16)12-4-7-17-15(10-12)5-8-19-9-6-15/h11-14H,2-10,16H2,1H3. The van der Waals surface area contributed by atoms with Gasteiger partial charge in [0.25, 0.3) is 0 Å². The molecule has 0 saturated carbocycles. The molecule has 19 heavy (non-hydrogen) atoms. The Morgan fingerprint density at radius 1 is 1.21 bits per heavy atom. The zero-order valence-corrected chi connectivity index (χ0v) is 12.8. The quantitative estimate of drug-likeness (QED) is 0.847. The van der Waals surface area contributed by atoms with Crippen molar-refractivity contribution in [1.29, 1.82) is 0 Å². The van der Waals surface area contributed by atoms with Crippen LogP contribution in [0.3, 0.4) is 0 Å². The summed E-state index contributed by atoms with van der Waals surface area (Å²) in [4.78, 5) is 0. The first kappa shape index (κ1) is 14.2. The minimum absolute atomic E-state index is 0.149. The lowest BCUT2D eigenvalue weighted by Gasteiger charge is -2.45. The van der Waals surface area contributed by atoms with E-state index in [-0.39, 0.29) is 17.7 Å². The second-order valence-electron chi connectivity index (χ2n) is 6.54. The van der Waals surface area contributed by atoms with E-state index in [0.29, 0.717) is 12.0 Å². The van der Waals surface area contributed by atoms with Crippen molar-refractivity contribution in [1.82, 2.24) is 0 Å². The van der Waals surface area contributed by atoms with Gasteiger partial charge in [-0.25, -0.2) is 0 Å². The molecule has 4 unspecified atom stereocenters. The van der Waals surface area contributed by atoms with Crippen LogP contribution in [-0.4, -0.2) is 42.0 Å². The highest BCUT2D eigenvalue weighted by Gasteiger charge is 2.42. The molecule has 4 atom stereocenters. The Hall–Kier alpha value is 0.230. The molecule has 3 aliphatic heterocycles.